The molecule has 106 valence electrons. The number of nitrogens with zero attached hydrogens (tertiary/aromatic N) is 1. The van der Waals surface area contributed by atoms with Gasteiger partial charge in [0.25, 0.3) is 10.0 Å². The number of hydrogen-bond donors (Lipinski definition) is 2. The summed E-state index contributed by atoms with van der Waals surface area (Å²) in [6.07, 6.45) is 2.02. The summed E-state index contributed by atoms with van der Waals surface area (Å²) in [5, 5.41) is 9.86. The quantitative estimate of drug-likeness (QED) is 0.749. The van der Waals surface area contributed by atoms with E-state index in [1.54, 1.807) is 0 Å². The average Bonchev–Trinajstić information content (AvgIpc) is 2.83. The van der Waals surface area contributed by atoms with Crippen LogP contribution < -0.4 is 4.72 Å². The van der Waals surface area contributed by atoms with Crippen LogP contribution in [0.15, 0.2) is 9.72 Å². The van der Waals surface area contributed by atoms with Crippen LogP contribution in [0, 0.1) is 0 Å². The first-order valence-electron chi connectivity index (χ1n) is 5.62. The largest absolute Gasteiger partial charge is 0.464 e. The van der Waals surface area contributed by atoms with Crippen LogP contribution in [0.1, 0.15) is 29.8 Å². The Balaban J connectivity index is 2.15. The van der Waals surface area contributed by atoms with Crippen LogP contribution in [0.3, 0.4) is 0 Å². The van der Waals surface area contributed by atoms with E-state index in [0.29, 0.717) is 12.8 Å². The Morgan fingerprint density at radius 2 is 2.32 bits per heavy atom. The van der Waals surface area contributed by atoms with Gasteiger partial charge in [0.05, 0.1) is 18.2 Å². The van der Waals surface area contributed by atoms with E-state index in [9.17, 15) is 18.3 Å². The van der Waals surface area contributed by atoms with Crippen LogP contribution in [0.25, 0.3) is 0 Å². The maximum atomic E-state index is 12.1. The number of carbonyl (C=O) groups is 1. The summed E-state index contributed by atoms with van der Waals surface area (Å²) in [6.45, 7) is -0.0617. The Labute approximate surface area is 114 Å². The van der Waals surface area contributed by atoms with Crippen LogP contribution >= 0.6 is 11.3 Å². The molecule has 0 spiro atoms. The van der Waals surface area contributed by atoms with Gasteiger partial charge in [0.1, 0.15) is 0 Å². The molecule has 0 bridgehead atoms. The molecule has 7 nitrogen and oxygen atoms in total. The summed E-state index contributed by atoms with van der Waals surface area (Å²) >= 11 is 0.832. The van der Waals surface area contributed by atoms with Gasteiger partial charge in [-0.2, -0.15) is 0 Å². The molecule has 9 heteroatoms. The Kier molecular flexibility index (Phi) is 3.90. The summed E-state index contributed by atoms with van der Waals surface area (Å²) in [5.74, 6) is -0.802. The second-order valence-electron chi connectivity index (χ2n) is 4.38. The van der Waals surface area contributed by atoms with Gasteiger partial charge in [-0.1, -0.05) is 0 Å². The van der Waals surface area contributed by atoms with Gasteiger partial charge in [0.2, 0.25) is 0 Å². The zero-order chi connectivity index (χ0) is 14.1. The van der Waals surface area contributed by atoms with Gasteiger partial charge < -0.3 is 9.84 Å². The molecule has 0 radical (unpaired) electrons. The lowest BCUT2D eigenvalue weighted by atomic mass is 9.81. The van der Waals surface area contributed by atoms with Crippen molar-refractivity contribution in [2.75, 3.05) is 13.7 Å². The van der Waals surface area contributed by atoms with Gasteiger partial charge in [-0.3, -0.25) is 0 Å². The first-order chi connectivity index (χ1) is 8.88. The molecule has 1 aliphatic carbocycles. The molecule has 0 aliphatic heterocycles. The Morgan fingerprint density at radius 1 is 1.63 bits per heavy atom. The molecule has 0 unspecified atom stereocenters. The molecule has 1 aliphatic rings. The summed E-state index contributed by atoms with van der Waals surface area (Å²) in [5.41, 5.74) is 0.0582. The Morgan fingerprint density at radius 3 is 2.84 bits per heavy atom. The van der Waals surface area contributed by atoms with Gasteiger partial charge in [0, 0.05) is 6.54 Å². The maximum absolute atomic E-state index is 12.1. The highest BCUT2D eigenvalue weighted by atomic mass is 32.2. The molecule has 1 fully saturated rings. The number of carbonyl (C=O) groups excluding carboxylic acids is 1. The minimum atomic E-state index is -3.87. The number of ether oxygens (including phenoxy) is 1. The number of sulfonamides is 1. The SMILES string of the molecule is COC(=O)c1ncsc1S(=O)(=O)NCC1(O)CCC1. The molecule has 1 heterocycles. The molecule has 0 amide bonds. The Hall–Kier alpha value is -1.03. The van der Waals surface area contributed by atoms with E-state index in [1.165, 1.54) is 5.51 Å². The van der Waals surface area contributed by atoms with Gasteiger partial charge in [0.15, 0.2) is 9.90 Å². The Bertz CT molecular complexity index is 576. The highest BCUT2D eigenvalue weighted by Gasteiger charge is 2.36. The standard InChI is InChI=1S/C10H14N2O5S2/c1-17-8(13)7-9(18-6-11-7)19(15,16)12-5-10(14)3-2-4-10/h6,12,14H,2-5H2,1H3. The molecule has 1 aromatic heterocycles. The van der Waals surface area contributed by atoms with Crippen molar-refractivity contribution in [2.24, 2.45) is 0 Å². The minimum Gasteiger partial charge on any atom is -0.464 e. The number of nitrogens with one attached hydrogen (secondary N) is 1. The molecular weight excluding hydrogens is 292 g/mol. The monoisotopic (exact) mass is 306 g/mol. The fourth-order valence-corrected chi connectivity index (χ4v) is 4.01. The number of hydrogen-bond acceptors (Lipinski definition) is 7. The number of thiazole rings is 1. The van der Waals surface area contributed by atoms with Crippen molar-refractivity contribution >= 4 is 27.3 Å². The number of aliphatic hydroxyl groups is 1. The zero-order valence-electron chi connectivity index (χ0n) is 10.2. The molecule has 0 saturated heterocycles. The van der Waals surface area contributed by atoms with Gasteiger partial charge in [-0.25, -0.2) is 22.9 Å². The van der Waals surface area contributed by atoms with Crippen molar-refractivity contribution in [2.45, 2.75) is 29.1 Å². The summed E-state index contributed by atoms with van der Waals surface area (Å²) in [6, 6.07) is 0. The maximum Gasteiger partial charge on any atom is 0.358 e. The minimum absolute atomic E-state index is 0.0617. The predicted octanol–water partition coefficient (Wildman–Crippen LogP) is 0.123. The lowest BCUT2D eigenvalue weighted by Crippen LogP contribution is -2.47. The number of aromatic nitrogens is 1. The van der Waals surface area contributed by atoms with Crippen molar-refractivity contribution in [3.63, 3.8) is 0 Å². The van der Waals surface area contributed by atoms with E-state index in [4.69, 9.17) is 0 Å². The molecule has 0 atom stereocenters. The number of rotatable bonds is 5. The molecule has 2 rings (SSSR count). The fourth-order valence-electron chi connectivity index (χ4n) is 1.72. The normalized spacial score (nSPS) is 17.8. The zero-order valence-corrected chi connectivity index (χ0v) is 11.9. The second kappa shape index (κ2) is 5.16. The van der Waals surface area contributed by atoms with Crippen molar-refractivity contribution in [1.82, 2.24) is 9.71 Å². The van der Waals surface area contributed by atoms with Crippen LogP contribution in [0.5, 0.6) is 0 Å². The van der Waals surface area contributed by atoms with Crippen molar-refractivity contribution in [1.29, 1.82) is 0 Å². The van der Waals surface area contributed by atoms with Gasteiger partial charge in [-0.15, -0.1) is 11.3 Å². The average molecular weight is 306 g/mol. The topological polar surface area (TPSA) is 106 Å². The summed E-state index contributed by atoms with van der Waals surface area (Å²) in [4.78, 5) is 15.1. The molecule has 19 heavy (non-hydrogen) atoms. The van der Waals surface area contributed by atoms with E-state index < -0.39 is 21.6 Å². The first kappa shape index (κ1) is 14.4. The van der Waals surface area contributed by atoms with Crippen LogP contribution in [0.4, 0.5) is 0 Å². The molecule has 2 N–H and O–H groups in total. The first-order valence-corrected chi connectivity index (χ1v) is 7.98. The van der Waals surface area contributed by atoms with Crippen LogP contribution in [-0.2, 0) is 14.8 Å². The van der Waals surface area contributed by atoms with Crippen molar-refractivity contribution in [3.05, 3.63) is 11.2 Å². The molecular formula is C10H14N2O5S2. The number of methoxy groups -OCH3 is 1. The summed E-state index contributed by atoms with van der Waals surface area (Å²) in [7, 11) is -2.71. The predicted molar refractivity (Wildman–Crippen MR) is 67.4 cm³/mol. The van der Waals surface area contributed by atoms with Gasteiger partial charge in [-0.05, 0) is 19.3 Å². The second-order valence-corrected chi connectivity index (χ2v) is 7.20. The third kappa shape index (κ3) is 2.94. The van der Waals surface area contributed by atoms with Gasteiger partial charge >= 0.3 is 5.97 Å². The van der Waals surface area contributed by atoms with E-state index in [2.05, 4.69) is 14.4 Å². The highest BCUT2D eigenvalue weighted by molar-refractivity contribution is 7.91. The smallest absolute Gasteiger partial charge is 0.358 e. The van der Waals surface area contributed by atoms with Crippen molar-refractivity contribution in [3.8, 4) is 0 Å². The van der Waals surface area contributed by atoms with E-state index in [0.717, 1.165) is 24.9 Å². The van der Waals surface area contributed by atoms with Crippen molar-refractivity contribution < 1.29 is 23.1 Å². The number of esters is 1. The van der Waals surface area contributed by atoms with Crippen LogP contribution in [-0.4, -0.2) is 43.7 Å². The molecule has 1 saturated carbocycles. The molecule has 0 aromatic carbocycles. The van der Waals surface area contributed by atoms with E-state index >= 15 is 0 Å². The van der Waals surface area contributed by atoms with E-state index in [-0.39, 0.29) is 16.4 Å². The van der Waals surface area contributed by atoms with E-state index in [1.807, 2.05) is 0 Å². The lowest BCUT2D eigenvalue weighted by molar-refractivity contribution is -0.0270. The third-order valence-electron chi connectivity index (χ3n) is 3.03. The molecule has 1 aromatic rings. The third-order valence-corrected chi connectivity index (χ3v) is 5.80. The highest BCUT2D eigenvalue weighted by Crippen LogP contribution is 2.31. The fraction of sp³-hybridized carbons (Fsp3) is 0.600. The lowest BCUT2D eigenvalue weighted by Gasteiger charge is -2.36. The van der Waals surface area contributed by atoms with Crippen LogP contribution in [0.2, 0.25) is 0 Å². The summed E-state index contributed by atoms with van der Waals surface area (Å²) < 4.78 is 30.7.